The van der Waals surface area contributed by atoms with Crippen molar-refractivity contribution in [1.29, 1.82) is 0 Å². The number of aryl methyl sites for hydroxylation is 2. The predicted molar refractivity (Wildman–Crippen MR) is 57.6 cm³/mol. The molecule has 0 atom stereocenters. The smallest absolute Gasteiger partial charge is 0.120 e. The minimum Gasteiger partial charge on any atom is -0.385 e. The summed E-state index contributed by atoms with van der Waals surface area (Å²) in [6, 6.07) is 6.47. The summed E-state index contributed by atoms with van der Waals surface area (Å²) in [5.41, 5.74) is 3.95. The van der Waals surface area contributed by atoms with Crippen LogP contribution in [0.4, 0.5) is 5.69 Å². The molecule has 1 aliphatic rings. The number of hydrogen-bond donors (Lipinski definition) is 1. The zero-order chi connectivity index (χ0) is 9.80. The van der Waals surface area contributed by atoms with Gasteiger partial charge in [-0.2, -0.15) is 0 Å². The van der Waals surface area contributed by atoms with Crippen LogP contribution in [-0.2, 0) is 17.6 Å². The van der Waals surface area contributed by atoms with Gasteiger partial charge in [-0.05, 0) is 36.5 Å². The molecule has 0 aromatic heterocycles. The van der Waals surface area contributed by atoms with Crippen LogP contribution in [0.5, 0.6) is 0 Å². The molecule has 1 aliphatic heterocycles. The molecule has 2 rings (SSSR count). The van der Waals surface area contributed by atoms with Crippen molar-refractivity contribution in [3.8, 4) is 0 Å². The van der Waals surface area contributed by atoms with Gasteiger partial charge in [0, 0.05) is 18.7 Å². The van der Waals surface area contributed by atoms with Crippen molar-refractivity contribution >= 4 is 12.0 Å². The fourth-order valence-corrected chi connectivity index (χ4v) is 1.91. The maximum absolute atomic E-state index is 10.3. The number of hydrogen-bond acceptors (Lipinski definition) is 2. The molecule has 1 N–H and O–H groups in total. The van der Waals surface area contributed by atoms with Crippen LogP contribution < -0.4 is 5.32 Å². The van der Waals surface area contributed by atoms with Gasteiger partial charge in [0.25, 0.3) is 0 Å². The topological polar surface area (TPSA) is 29.1 Å². The lowest BCUT2D eigenvalue weighted by molar-refractivity contribution is -0.107. The van der Waals surface area contributed by atoms with Crippen LogP contribution in [0.2, 0.25) is 0 Å². The number of anilines is 1. The average Bonchev–Trinajstić information content (AvgIpc) is 2.26. The highest BCUT2D eigenvalue weighted by molar-refractivity contribution is 5.55. The van der Waals surface area contributed by atoms with Crippen molar-refractivity contribution < 1.29 is 4.79 Å². The van der Waals surface area contributed by atoms with Crippen LogP contribution in [0.3, 0.4) is 0 Å². The molecule has 0 aliphatic carbocycles. The second-order valence-corrected chi connectivity index (χ2v) is 3.73. The Morgan fingerprint density at radius 2 is 2.36 bits per heavy atom. The van der Waals surface area contributed by atoms with Gasteiger partial charge in [0.15, 0.2) is 0 Å². The lowest BCUT2D eigenvalue weighted by Crippen LogP contribution is -2.11. The fraction of sp³-hybridized carbons (Fsp3) is 0.417. The van der Waals surface area contributed by atoms with Crippen molar-refractivity contribution in [2.75, 3.05) is 11.9 Å². The van der Waals surface area contributed by atoms with E-state index in [9.17, 15) is 4.79 Å². The normalized spacial score (nSPS) is 14.3. The maximum atomic E-state index is 10.3. The molecular formula is C12H15NO. The molecule has 2 heteroatoms. The minimum absolute atomic E-state index is 0.631. The highest BCUT2D eigenvalue weighted by Gasteiger charge is 2.08. The zero-order valence-corrected chi connectivity index (χ0v) is 8.25. The summed E-state index contributed by atoms with van der Waals surface area (Å²) in [4.78, 5) is 10.3. The molecule has 0 bridgehead atoms. The Morgan fingerprint density at radius 3 is 3.21 bits per heavy atom. The molecule has 0 radical (unpaired) electrons. The Balaban J connectivity index is 2.16. The van der Waals surface area contributed by atoms with E-state index in [4.69, 9.17) is 0 Å². The van der Waals surface area contributed by atoms with Crippen molar-refractivity contribution in [3.63, 3.8) is 0 Å². The molecule has 1 aromatic rings. The van der Waals surface area contributed by atoms with E-state index in [-0.39, 0.29) is 0 Å². The van der Waals surface area contributed by atoms with Gasteiger partial charge >= 0.3 is 0 Å². The van der Waals surface area contributed by atoms with Gasteiger partial charge in [0.05, 0.1) is 0 Å². The zero-order valence-electron chi connectivity index (χ0n) is 8.25. The largest absolute Gasteiger partial charge is 0.385 e. The van der Waals surface area contributed by atoms with Crippen molar-refractivity contribution in [2.24, 2.45) is 0 Å². The van der Waals surface area contributed by atoms with Crippen molar-refractivity contribution in [3.05, 3.63) is 29.3 Å². The van der Waals surface area contributed by atoms with E-state index in [0.29, 0.717) is 6.42 Å². The third-order valence-electron chi connectivity index (χ3n) is 2.66. The van der Waals surface area contributed by atoms with Crippen LogP contribution in [0, 0.1) is 0 Å². The first kappa shape index (κ1) is 9.25. The summed E-state index contributed by atoms with van der Waals surface area (Å²) in [7, 11) is 0. The quantitative estimate of drug-likeness (QED) is 0.738. The van der Waals surface area contributed by atoms with Crippen LogP contribution >= 0.6 is 0 Å². The average molecular weight is 189 g/mol. The van der Waals surface area contributed by atoms with E-state index in [1.807, 2.05) is 0 Å². The highest BCUT2D eigenvalue weighted by Crippen LogP contribution is 2.23. The summed E-state index contributed by atoms with van der Waals surface area (Å²) in [6.45, 7) is 1.08. The molecular weight excluding hydrogens is 174 g/mol. The number of carbonyl (C=O) groups excluding carboxylic acids is 1. The second-order valence-electron chi connectivity index (χ2n) is 3.73. The van der Waals surface area contributed by atoms with Crippen LogP contribution in [0.1, 0.15) is 24.0 Å². The summed E-state index contributed by atoms with van der Waals surface area (Å²) >= 11 is 0. The molecule has 0 saturated heterocycles. The fourth-order valence-electron chi connectivity index (χ4n) is 1.91. The summed E-state index contributed by atoms with van der Waals surface area (Å²) in [6.07, 6.45) is 4.86. The SMILES string of the molecule is O=CCCc1ccc2c(c1)CCCN2. The van der Waals surface area contributed by atoms with Gasteiger partial charge in [0.1, 0.15) is 6.29 Å². The van der Waals surface area contributed by atoms with E-state index < -0.39 is 0 Å². The van der Waals surface area contributed by atoms with Crippen molar-refractivity contribution in [2.45, 2.75) is 25.7 Å². The van der Waals surface area contributed by atoms with Gasteiger partial charge in [-0.3, -0.25) is 0 Å². The first-order chi connectivity index (χ1) is 6.90. The molecule has 2 nitrogen and oxygen atoms in total. The molecule has 14 heavy (non-hydrogen) atoms. The Labute approximate surface area is 84.3 Å². The minimum atomic E-state index is 0.631. The maximum Gasteiger partial charge on any atom is 0.120 e. The van der Waals surface area contributed by atoms with Crippen LogP contribution in [-0.4, -0.2) is 12.8 Å². The van der Waals surface area contributed by atoms with Gasteiger partial charge in [-0.1, -0.05) is 12.1 Å². The van der Waals surface area contributed by atoms with Crippen LogP contribution in [0.15, 0.2) is 18.2 Å². The Hall–Kier alpha value is -1.31. The third-order valence-corrected chi connectivity index (χ3v) is 2.66. The van der Waals surface area contributed by atoms with Gasteiger partial charge in [0.2, 0.25) is 0 Å². The molecule has 0 fully saturated rings. The van der Waals surface area contributed by atoms with E-state index in [1.165, 1.54) is 23.2 Å². The van der Waals surface area contributed by atoms with E-state index in [2.05, 4.69) is 23.5 Å². The summed E-state index contributed by atoms with van der Waals surface area (Å²) < 4.78 is 0. The first-order valence-corrected chi connectivity index (χ1v) is 5.19. The molecule has 1 heterocycles. The highest BCUT2D eigenvalue weighted by atomic mass is 16.1. The standard InChI is InChI=1S/C12H15NO/c14-8-2-3-10-5-6-12-11(9-10)4-1-7-13-12/h5-6,8-9,13H,1-4,7H2. The van der Waals surface area contributed by atoms with E-state index in [1.54, 1.807) is 0 Å². The second kappa shape index (κ2) is 4.27. The predicted octanol–water partition coefficient (Wildman–Crippen LogP) is 2.18. The number of benzene rings is 1. The molecule has 0 spiro atoms. The van der Waals surface area contributed by atoms with Crippen molar-refractivity contribution in [1.82, 2.24) is 0 Å². The Morgan fingerprint density at radius 1 is 1.43 bits per heavy atom. The van der Waals surface area contributed by atoms with E-state index in [0.717, 1.165) is 25.7 Å². The van der Waals surface area contributed by atoms with Gasteiger partial charge in [-0.25, -0.2) is 0 Å². The Kier molecular flexibility index (Phi) is 2.82. The molecule has 0 amide bonds. The molecule has 1 aromatic carbocycles. The molecule has 0 unspecified atom stereocenters. The lowest BCUT2D eigenvalue weighted by atomic mass is 9.99. The first-order valence-electron chi connectivity index (χ1n) is 5.19. The number of nitrogens with one attached hydrogen (secondary N) is 1. The van der Waals surface area contributed by atoms with Gasteiger partial charge in [-0.15, -0.1) is 0 Å². The molecule has 0 saturated carbocycles. The Bertz CT molecular complexity index is 333. The van der Waals surface area contributed by atoms with Gasteiger partial charge < -0.3 is 10.1 Å². The lowest BCUT2D eigenvalue weighted by Gasteiger charge is -2.18. The number of aldehydes is 1. The monoisotopic (exact) mass is 189 g/mol. The molecule has 74 valence electrons. The van der Waals surface area contributed by atoms with Crippen LogP contribution in [0.25, 0.3) is 0 Å². The number of fused-ring (bicyclic) bond motifs is 1. The van der Waals surface area contributed by atoms with E-state index >= 15 is 0 Å². The number of rotatable bonds is 3. The summed E-state index contributed by atoms with van der Waals surface area (Å²) in [5, 5.41) is 3.38. The third kappa shape index (κ3) is 1.95. The number of carbonyl (C=O) groups is 1. The summed E-state index contributed by atoms with van der Waals surface area (Å²) in [5.74, 6) is 0.